The van der Waals surface area contributed by atoms with Crippen molar-refractivity contribution in [2.24, 2.45) is 11.5 Å². The number of benzene rings is 4. The fourth-order valence-electron chi connectivity index (χ4n) is 8.29. The second kappa shape index (κ2) is 21.5. The Hall–Kier alpha value is -3.69. The molecule has 4 atom stereocenters. The van der Waals surface area contributed by atoms with Crippen LogP contribution >= 0.6 is 80.4 Å². The molecule has 6 aromatic rings. The Labute approximate surface area is 401 Å². The summed E-state index contributed by atoms with van der Waals surface area (Å²) in [6, 6.07) is 33.3. The van der Waals surface area contributed by atoms with Crippen molar-refractivity contribution in [3.8, 4) is 22.5 Å². The van der Waals surface area contributed by atoms with E-state index in [1.807, 2.05) is 79.8 Å². The summed E-state index contributed by atoms with van der Waals surface area (Å²) in [6.45, 7) is 2.00. The average Bonchev–Trinajstić information content (AvgIpc) is 3.91. The van der Waals surface area contributed by atoms with E-state index in [1.165, 1.54) is 32.7 Å². The Morgan fingerprint density at radius 1 is 0.587 bits per heavy atom. The van der Waals surface area contributed by atoms with Crippen LogP contribution in [0.3, 0.4) is 0 Å². The van der Waals surface area contributed by atoms with Crippen LogP contribution in [-0.2, 0) is 35.5 Å². The number of hydrogen-bond acceptors (Lipinski definition) is 8. The minimum atomic E-state index is -0.758. The summed E-state index contributed by atoms with van der Waals surface area (Å²) in [5, 5.41) is 11.9. The lowest BCUT2D eigenvalue weighted by Crippen LogP contribution is -2.50. The highest BCUT2D eigenvalue weighted by atomic mass is 35.5. The molecule has 0 radical (unpaired) electrons. The van der Waals surface area contributed by atoms with Crippen LogP contribution in [0.5, 0.6) is 0 Å². The third-order valence-electron chi connectivity index (χ3n) is 11.5. The number of halogens is 5. The first-order chi connectivity index (χ1) is 30.0. The minimum absolute atomic E-state index is 0. The van der Waals surface area contributed by atoms with Crippen molar-refractivity contribution in [2.45, 2.75) is 62.9 Å². The molecule has 63 heavy (non-hydrogen) atoms. The maximum absolute atomic E-state index is 14.2. The number of hydrogen-bond donors (Lipinski definition) is 2. The largest absolute Gasteiger partial charge is 0.331 e. The van der Waals surface area contributed by atoms with Gasteiger partial charge in [-0.15, -0.1) is 12.4 Å². The molecule has 4 aromatic carbocycles. The topological polar surface area (TPSA) is 128 Å². The molecular formula is C46H47Cl5N8O2S2. The van der Waals surface area contributed by atoms with E-state index < -0.39 is 12.1 Å². The minimum Gasteiger partial charge on any atom is -0.331 e. The summed E-state index contributed by atoms with van der Waals surface area (Å²) in [4.78, 5) is 32.2. The molecule has 10 nitrogen and oxygen atoms in total. The predicted molar refractivity (Wildman–Crippen MR) is 262 cm³/mol. The van der Waals surface area contributed by atoms with Gasteiger partial charge in [-0.05, 0) is 85.3 Å². The molecule has 0 aliphatic carbocycles. The van der Waals surface area contributed by atoms with E-state index in [2.05, 4.69) is 24.3 Å². The SMILES string of the molecule is Cl.N[C@@H](CSSC[C@H](N)C(=O)N1CCn2nc(-c3ccc(Cl)cc3Cl)cc2C1CCc1ccccc1)C(=O)N1CCn2nc(-c3ccc(Cl)cc3Cl)cc2C1CCc1ccccc1. The zero-order valence-corrected chi connectivity index (χ0v) is 39.6. The first kappa shape index (κ1) is 47.3. The second-order valence-electron chi connectivity index (χ2n) is 15.5. The van der Waals surface area contributed by atoms with Gasteiger partial charge in [0.15, 0.2) is 0 Å². The highest BCUT2D eigenvalue weighted by Gasteiger charge is 2.37. The first-order valence-electron chi connectivity index (χ1n) is 20.5. The first-order valence-corrected chi connectivity index (χ1v) is 24.5. The van der Waals surface area contributed by atoms with E-state index in [0.29, 0.717) is 70.6 Å². The third-order valence-corrected chi connectivity index (χ3v) is 15.0. The van der Waals surface area contributed by atoms with Crippen LogP contribution in [0.1, 0.15) is 47.4 Å². The molecule has 2 aliphatic rings. The van der Waals surface area contributed by atoms with Gasteiger partial charge in [0.1, 0.15) is 0 Å². The van der Waals surface area contributed by atoms with Crippen LogP contribution in [-0.4, -0.2) is 77.9 Å². The van der Waals surface area contributed by atoms with E-state index in [-0.39, 0.29) is 36.3 Å². The number of carbonyl (C=O) groups excluding carboxylic acids is 2. The molecule has 17 heteroatoms. The van der Waals surface area contributed by atoms with E-state index in [9.17, 15) is 9.59 Å². The van der Waals surface area contributed by atoms with Gasteiger partial charge in [-0.2, -0.15) is 10.2 Å². The monoisotopic (exact) mass is 982 g/mol. The number of nitrogens with two attached hydrogens (primary N) is 2. The predicted octanol–water partition coefficient (Wildman–Crippen LogP) is 10.2. The summed E-state index contributed by atoms with van der Waals surface area (Å²) >= 11 is 25.6. The molecule has 2 aromatic heterocycles. The summed E-state index contributed by atoms with van der Waals surface area (Å²) < 4.78 is 3.95. The Morgan fingerprint density at radius 2 is 0.984 bits per heavy atom. The Morgan fingerprint density at radius 3 is 1.37 bits per heavy atom. The van der Waals surface area contributed by atoms with Crippen molar-refractivity contribution < 1.29 is 9.59 Å². The zero-order valence-electron chi connectivity index (χ0n) is 34.2. The van der Waals surface area contributed by atoms with Crippen molar-refractivity contribution >= 4 is 92.2 Å². The van der Waals surface area contributed by atoms with Gasteiger partial charge in [-0.3, -0.25) is 19.0 Å². The van der Waals surface area contributed by atoms with Crippen LogP contribution in [0.2, 0.25) is 20.1 Å². The molecule has 0 fully saturated rings. The number of carbonyl (C=O) groups is 2. The van der Waals surface area contributed by atoms with Gasteiger partial charge in [-0.25, -0.2) is 0 Å². The summed E-state index contributed by atoms with van der Waals surface area (Å²) in [5.41, 5.74) is 20.6. The third kappa shape index (κ3) is 11.1. The van der Waals surface area contributed by atoms with Gasteiger partial charge in [0.05, 0.1) is 70.1 Å². The van der Waals surface area contributed by atoms with Crippen LogP contribution in [0.4, 0.5) is 0 Å². The van der Waals surface area contributed by atoms with Gasteiger partial charge in [-0.1, -0.05) is 129 Å². The number of aromatic nitrogens is 4. The molecule has 0 bridgehead atoms. The van der Waals surface area contributed by atoms with Gasteiger partial charge >= 0.3 is 0 Å². The maximum atomic E-state index is 14.2. The maximum Gasteiger partial charge on any atom is 0.241 e. The number of aryl methyl sites for hydroxylation is 2. The van der Waals surface area contributed by atoms with Crippen molar-refractivity contribution in [2.75, 3.05) is 24.6 Å². The Balaban J connectivity index is 0.00000595. The van der Waals surface area contributed by atoms with Crippen molar-refractivity contribution in [1.29, 1.82) is 0 Å². The van der Waals surface area contributed by atoms with Gasteiger partial charge in [0.25, 0.3) is 0 Å². The molecule has 0 spiro atoms. The van der Waals surface area contributed by atoms with Gasteiger partial charge in [0.2, 0.25) is 11.8 Å². The molecule has 0 saturated carbocycles. The lowest BCUT2D eigenvalue weighted by Gasteiger charge is -2.38. The molecule has 8 rings (SSSR count). The molecule has 330 valence electrons. The number of nitrogens with zero attached hydrogens (tertiary/aromatic N) is 6. The van der Waals surface area contributed by atoms with Crippen molar-refractivity contribution in [1.82, 2.24) is 29.4 Å². The average molecular weight is 985 g/mol. The van der Waals surface area contributed by atoms with Crippen LogP contribution in [0, 0.1) is 0 Å². The number of amides is 2. The highest BCUT2D eigenvalue weighted by molar-refractivity contribution is 8.76. The van der Waals surface area contributed by atoms with Crippen LogP contribution < -0.4 is 11.5 Å². The molecule has 2 amide bonds. The summed E-state index contributed by atoms with van der Waals surface area (Å²) in [7, 11) is 2.92. The van der Waals surface area contributed by atoms with E-state index in [1.54, 1.807) is 24.3 Å². The fraction of sp³-hybridized carbons (Fsp3) is 0.304. The van der Waals surface area contributed by atoms with E-state index in [4.69, 9.17) is 68.1 Å². The molecule has 0 saturated heterocycles. The highest BCUT2D eigenvalue weighted by Crippen LogP contribution is 2.38. The van der Waals surface area contributed by atoms with E-state index >= 15 is 0 Å². The van der Waals surface area contributed by atoms with Crippen LogP contribution in [0.15, 0.2) is 109 Å². The Bertz CT molecular complexity index is 2350. The molecule has 4 N–H and O–H groups in total. The van der Waals surface area contributed by atoms with Gasteiger partial charge in [0, 0.05) is 45.8 Å². The lowest BCUT2D eigenvalue weighted by atomic mass is 9.98. The zero-order chi connectivity index (χ0) is 43.3. The normalized spacial score (nSPS) is 16.8. The quantitative estimate of drug-likeness (QED) is 0.0769. The Kier molecular flexibility index (Phi) is 16.2. The van der Waals surface area contributed by atoms with Gasteiger partial charge < -0.3 is 21.3 Å². The summed E-state index contributed by atoms with van der Waals surface area (Å²) in [5.74, 6) is 0.465. The molecule has 2 unspecified atom stereocenters. The lowest BCUT2D eigenvalue weighted by molar-refractivity contribution is -0.136. The summed E-state index contributed by atoms with van der Waals surface area (Å²) in [6.07, 6.45) is 2.93. The fourth-order valence-corrected chi connectivity index (χ4v) is 11.5. The van der Waals surface area contributed by atoms with E-state index in [0.717, 1.165) is 46.7 Å². The smallest absolute Gasteiger partial charge is 0.241 e. The molecule has 2 aliphatic heterocycles. The van der Waals surface area contributed by atoms with Crippen LogP contribution in [0.25, 0.3) is 22.5 Å². The molecule has 4 heterocycles. The number of rotatable bonds is 15. The second-order valence-corrected chi connectivity index (χ2v) is 19.8. The standard InChI is InChI=1S/C46H46Cl4N8O2S2.ClH/c47-31-13-15-33(35(49)23-31)39-25-43-41(17-11-29-7-3-1-4-8-29)55(19-21-57(43)53-39)45(59)37(51)27-61-62-28-38(52)46(60)56-20-22-58-44(42(56)18-12-30-9-5-2-6-10-30)26-40(54-58)34-16-14-32(48)24-36(34)50;/h1-10,13-16,23-26,37-38,41-42H,11-12,17-22,27-28,51-52H2;1H/t37-,38-,41?,42?;/m0./s1. The molecular weight excluding hydrogens is 938 g/mol. The van der Waals surface area contributed by atoms with Crippen molar-refractivity contribution in [3.05, 3.63) is 152 Å². The van der Waals surface area contributed by atoms with Crippen molar-refractivity contribution in [3.63, 3.8) is 0 Å². The number of fused-ring (bicyclic) bond motifs is 2.